The minimum absolute atomic E-state index is 0.0102. The molecule has 0 amide bonds. The van der Waals surface area contributed by atoms with Crippen molar-refractivity contribution in [2.75, 3.05) is 0 Å². The Bertz CT molecular complexity index is 336. The Hall–Kier alpha value is -0.560. The summed E-state index contributed by atoms with van der Waals surface area (Å²) in [5, 5.41) is 9.61. The molecule has 3 atom stereocenters. The first kappa shape index (κ1) is 13.4. The molecule has 1 nitrogen and oxygen atoms in total. The topological polar surface area (TPSA) is 20.2 Å². The van der Waals surface area contributed by atoms with Crippen molar-refractivity contribution in [2.45, 2.75) is 63.9 Å². The second kappa shape index (κ2) is 6.26. The van der Waals surface area contributed by atoms with Crippen LogP contribution in [0.1, 0.15) is 57.8 Å². The summed E-state index contributed by atoms with van der Waals surface area (Å²) in [5.74, 6) is 3.28. The third-order valence-electron chi connectivity index (χ3n) is 5.63. The summed E-state index contributed by atoms with van der Waals surface area (Å²) >= 11 is 0. The van der Waals surface area contributed by atoms with Crippen LogP contribution in [0, 0.1) is 23.7 Å². The van der Waals surface area contributed by atoms with Crippen LogP contribution in [0.4, 0.5) is 0 Å². The third kappa shape index (κ3) is 3.31. The average Bonchev–Trinajstić information content (AvgIpc) is 2.49. The van der Waals surface area contributed by atoms with Gasteiger partial charge in [0.1, 0.15) is 0 Å². The number of aliphatic hydroxyl groups excluding tert-OH is 1. The SMILES string of the molecule is OC1CCC(C2C=CC(C3C=CCCC3)CC2)CC1. The van der Waals surface area contributed by atoms with Gasteiger partial charge in [0.2, 0.25) is 0 Å². The van der Waals surface area contributed by atoms with Crippen molar-refractivity contribution >= 4 is 0 Å². The molecule has 0 radical (unpaired) electrons. The van der Waals surface area contributed by atoms with E-state index < -0.39 is 0 Å². The largest absolute Gasteiger partial charge is 0.393 e. The van der Waals surface area contributed by atoms with Gasteiger partial charge in [-0.25, -0.2) is 0 Å². The summed E-state index contributed by atoms with van der Waals surface area (Å²) in [5.41, 5.74) is 0. The predicted molar refractivity (Wildman–Crippen MR) is 79.8 cm³/mol. The zero-order valence-corrected chi connectivity index (χ0v) is 12.0. The molecule has 1 heteroatoms. The highest BCUT2D eigenvalue weighted by Gasteiger charge is 2.29. The predicted octanol–water partition coefficient (Wildman–Crippen LogP) is 4.48. The van der Waals surface area contributed by atoms with E-state index in [1.807, 2.05) is 0 Å². The van der Waals surface area contributed by atoms with Crippen LogP contribution in [0.5, 0.6) is 0 Å². The second-order valence-corrected chi connectivity index (χ2v) is 6.88. The van der Waals surface area contributed by atoms with Gasteiger partial charge in [0.15, 0.2) is 0 Å². The monoisotopic (exact) mass is 260 g/mol. The molecule has 0 heterocycles. The normalized spacial score (nSPS) is 43.3. The molecule has 0 aliphatic heterocycles. The molecule has 1 fully saturated rings. The lowest BCUT2D eigenvalue weighted by molar-refractivity contribution is 0.0940. The first-order chi connectivity index (χ1) is 9.33. The Morgan fingerprint density at radius 3 is 2.00 bits per heavy atom. The number of aliphatic hydroxyl groups is 1. The lowest BCUT2D eigenvalue weighted by atomic mass is 9.71. The minimum atomic E-state index is -0.0102. The van der Waals surface area contributed by atoms with Crippen LogP contribution in [0.15, 0.2) is 24.3 Å². The van der Waals surface area contributed by atoms with E-state index in [9.17, 15) is 5.11 Å². The quantitative estimate of drug-likeness (QED) is 0.726. The summed E-state index contributed by atoms with van der Waals surface area (Å²) in [4.78, 5) is 0. The van der Waals surface area contributed by atoms with Crippen molar-refractivity contribution in [3.63, 3.8) is 0 Å². The molecule has 19 heavy (non-hydrogen) atoms. The van der Waals surface area contributed by atoms with Gasteiger partial charge in [0.05, 0.1) is 6.10 Å². The Kier molecular flexibility index (Phi) is 4.42. The van der Waals surface area contributed by atoms with Crippen LogP contribution >= 0.6 is 0 Å². The number of rotatable bonds is 2. The molecule has 3 unspecified atom stereocenters. The molecule has 1 saturated carbocycles. The number of hydrogen-bond donors (Lipinski definition) is 1. The van der Waals surface area contributed by atoms with Gasteiger partial charge >= 0.3 is 0 Å². The van der Waals surface area contributed by atoms with Crippen molar-refractivity contribution < 1.29 is 5.11 Å². The highest BCUT2D eigenvalue weighted by molar-refractivity contribution is 5.07. The first-order valence-electron chi connectivity index (χ1n) is 8.36. The van der Waals surface area contributed by atoms with E-state index in [4.69, 9.17) is 0 Å². The van der Waals surface area contributed by atoms with E-state index in [1.165, 1.54) is 44.9 Å². The van der Waals surface area contributed by atoms with Gasteiger partial charge in [-0.05, 0) is 81.5 Å². The van der Waals surface area contributed by atoms with E-state index in [-0.39, 0.29) is 6.10 Å². The summed E-state index contributed by atoms with van der Waals surface area (Å²) in [7, 11) is 0. The zero-order valence-electron chi connectivity index (χ0n) is 12.0. The maximum atomic E-state index is 9.61. The molecule has 0 saturated heterocycles. The minimum Gasteiger partial charge on any atom is -0.393 e. The van der Waals surface area contributed by atoms with Gasteiger partial charge in [0.25, 0.3) is 0 Å². The second-order valence-electron chi connectivity index (χ2n) is 6.88. The molecule has 0 aromatic carbocycles. The van der Waals surface area contributed by atoms with Crippen LogP contribution in [-0.2, 0) is 0 Å². The van der Waals surface area contributed by atoms with Gasteiger partial charge in [-0.15, -0.1) is 0 Å². The van der Waals surface area contributed by atoms with Crippen molar-refractivity contribution in [1.29, 1.82) is 0 Å². The molecule has 0 aromatic heterocycles. The van der Waals surface area contributed by atoms with Gasteiger partial charge in [0, 0.05) is 0 Å². The fraction of sp³-hybridized carbons (Fsp3) is 0.778. The first-order valence-corrected chi connectivity index (χ1v) is 8.36. The molecule has 1 N–H and O–H groups in total. The van der Waals surface area contributed by atoms with Crippen molar-refractivity contribution in [1.82, 2.24) is 0 Å². The Morgan fingerprint density at radius 1 is 0.684 bits per heavy atom. The van der Waals surface area contributed by atoms with E-state index >= 15 is 0 Å². The van der Waals surface area contributed by atoms with Crippen molar-refractivity contribution in [3.05, 3.63) is 24.3 Å². The molecule has 106 valence electrons. The molecular formula is C18H28O. The fourth-order valence-corrected chi connectivity index (χ4v) is 4.34. The fourth-order valence-electron chi connectivity index (χ4n) is 4.34. The van der Waals surface area contributed by atoms with Crippen molar-refractivity contribution in [2.24, 2.45) is 23.7 Å². The summed E-state index contributed by atoms with van der Waals surface area (Å²) in [6.45, 7) is 0. The maximum Gasteiger partial charge on any atom is 0.0540 e. The molecule has 3 aliphatic rings. The summed E-state index contributed by atoms with van der Waals surface area (Å²) < 4.78 is 0. The molecule has 0 spiro atoms. The van der Waals surface area contributed by atoms with E-state index in [0.717, 1.165) is 36.5 Å². The molecular weight excluding hydrogens is 232 g/mol. The number of allylic oxidation sites excluding steroid dienone is 4. The van der Waals surface area contributed by atoms with Crippen molar-refractivity contribution in [3.8, 4) is 0 Å². The Balaban J connectivity index is 1.54. The molecule has 3 rings (SSSR count). The van der Waals surface area contributed by atoms with Gasteiger partial charge in [-0.1, -0.05) is 24.3 Å². The highest BCUT2D eigenvalue weighted by atomic mass is 16.3. The van der Waals surface area contributed by atoms with Gasteiger partial charge < -0.3 is 5.11 Å². The highest BCUT2D eigenvalue weighted by Crippen LogP contribution is 2.39. The van der Waals surface area contributed by atoms with Gasteiger partial charge in [-0.3, -0.25) is 0 Å². The summed E-state index contributed by atoms with van der Waals surface area (Å²) in [6, 6.07) is 0. The lowest BCUT2D eigenvalue weighted by Gasteiger charge is -2.35. The maximum absolute atomic E-state index is 9.61. The van der Waals surface area contributed by atoms with E-state index in [2.05, 4.69) is 24.3 Å². The van der Waals surface area contributed by atoms with Crippen LogP contribution < -0.4 is 0 Å². The Labute approximate surface area is 117 Å². The standard InChI is InChI=1S/C18H28O/c19-18-12-10-17(11-13-18)16-8-6-15(7-9-16)14-4-2-1-3-5-14/h2,4,6,8,14-19H,1,3,5,7,9-13H2. The van der Waals surface area contributed by atoms with Gasteiger partial charge in [-0.2, -0.15) is 0 Å². The zero-order chi connectivity index (χ0) is 13.1. The van der Waals surface area contributed by atoms with Crippen LogP contribution in [0.2, 0.25) is 0 Å². The smallest absolute Gasteiger partial charge is 0.0540 e. The van der Waals surface area contributed by atoms with Crippen LogP contribution in [-0.4, -0.2) is 11.2 Å². The molecule has 0 bridgehead atoms. The van der Waals surface area contributed by atoms with E-state index in [1.54, 1.807) is 0 Å². The van der Waals surface area contributed by atoms with Crippen LogP contribution in [0.25, 0.3) is 0 Å². The average molecular weight is 260 g/mol. The summed E-state index contributed by atoms with van der Waals surface area (Å²) in [6.07, 6.45) is 21.3. The lowest BCUT2D eigenvalue weighted by Crippen LogP contribution is -2.26. The van der Waals surface area contributed by atoms with E-state index in [0.29, 0.717) is 0 Å². The molecule has 3 aliphatic carbocycles. The third-order valence-corrected chi connectivity index (χ3v) is 5.63. The Morgan fingerprint density at radius 2 is 1.37 bits per heavy atom. The van der Waals surface area contributed by atoms with Crippen LogP contribution in [0.3, 0.4) is 0 Å². The number of hydrogen-bond acceptors (Lipinski definition) is 1. The molecule has 0 aromatic rings.